The molecule has 0 saturated carbocycles. The first kappa shape index (κ1) is 14.3. The van der Waals surface area contributed by atoms with Gasteiger partial charge in [0.15, 0.2) is 0 Å². The maximum atomic E-state index is 12.8. The Morgan fingerprint density at radius 1 is 0.955 bits per heavy atom. The highest BCUT2D eigenvalue weighted by Crippen LogP contribution is 2.23. The Morgan fingerprint density at radius 3 is 2.36 bits per heavy atom. The van der Waals surface area contributed by atoms with E-state index in [0.717, 1.165) is 5.56 Å². The topological polar surface area (TPSA) is 71.9 Å². The van der Waals surface area contributed by atoms with Crippen LogP contribution in [0.25, 0.3) is 11.4 Å². The lowest BCUT2D eigenvalue weighted by molar-refractivity contribution is 0.588. The fraction of sp³-hybridized carbons (Fsp3) is 0.0625. The molecular formula is C16H14N2O3S. The minimum Gasteiger partial charge on any atom is -0.321 e. The van der Waals surface area contributed by atoms with Gasteiger partial charge in [-0.05, 0) is 37.3 Å². The maximum Gasteiger partial charge on any atom is 0.268 e. The Labute approximate surface area is 127 Å². The Balaban J connectivity index is 2.16. The molecule has 5 nitrogen and oxygen atoms in total. The molecule has 0 fully saturated rings. The molecule has 2 heterocycles. The average Bonchev–Trinajstić information content (AvgIpc) is 2.98. The predicted octanol–water partition coefficient (Wildman–Crippen LogP) is 2.39. The Bertz CT molecular complexity index is 967. The lowest BCUT2D eigenvalue weighted by Crippen LogP contribution is -2.14. The second kappa shape index (κ2) is 5.31. The molecule has 112 valence electrons. The summed E-state index contributed by atoms with van der Waals surface area (Å²) in [6, 6.07) is 14.6. The van der Waals surface area contributed by atoms with Gasteiger partial charge in [0.1, 0.15) is 0 Å². The molecule has 0 radical (unpaired) electrons. The highest BCUT2D eigenvalue weighted by molar-refractivity contribution is 7.90. The van der Waals surface area contributed by atoms with Crippen LogP contribution in [0.3, 0.4) is 0 Å². The van der Waals surface area contributed by atoms with Gasteiger partial charge in [0, 0.05) is 12.3 Å². The van der Waals surface area contributed by atoms with Crippen molar-refractivity contribution in [2.24, 2.45) is 0 Å². The Morgan fingerprint density at radius 2 is 1.68 bits per heavy atom. The molecule has 0 aliphatic rings. The van der Waals surface area contributed by atoms with Gasteiger partial charge in [-0.25, -0.2) is 12.4 Å². The molecule has 3 rings (SSSR count). The smallest absolute Gasteiger partial charge is 0.268 e. The zero-order chi connectivity index (χ0) is 15.7. The zero-order valence-corrected chi connectivity index (χ0v) is 12.7. The number of hydrogen-bond acceptors (Lipinski definition) is 3. The number of aryl methyl sites for hydroxylation is 1. The lowest BCUT2D eigenvalue weighted by atomic mass is 10.2. The minimum absolute atomic E-state index is 0.203. The third-order valence-electron chi connectivity index (χ3n) is 3.34. The number of H-pyrrole nitrogens is 1. The van der Waals surface area contributed by atoms with Gasteiger partial charge in [-0.3, -0.25) is 4.79 Å². The van der Waals surface area contributed by atoms with E-state index in [4.69, 9.17) is 0 Å². The molecular weight excluding hydrogens is 300 g/mol. The van der Waals surface area contributed by atoms with Gasteiger partial charge in [0.2, 0.25) is 5.56 Å². The highest BCUT2D eigenvalue weighted by atomic mass is 32.2. The second-order valence-corrected chi connectivity index (χ2v) is 6.75. The Hall–Kier alpha value is -2.60. The molecule has 3 aromatic rings. The van der Waals surface area contributed by atoms with Crippen LogP contribution in [0.15, 0.2) is 70.5 Å². The van der Waals surface area contributed by atoms with E-state index < -0.39 is 10.0 Å². The molecule has 1 aromatic carbocycles. The van der Waals surface area contributed by atoms with Gasteiger partial charge < -0.3 is 4.98 Å². The first-order valence-corrected chi connectivity index (χ1v) is 8.12. The first-order valence-electron chi connectivity index (χ1n) is 6.68. The van der Waals surface area contributed by atoms with E-state index in [-0.39, 0.29) is 10.5 Å². The van der Waals surface area contributed by atoms with Gasteiger partial charge >= 0.3 is 0 Å². The molecule has 0 aliphatic carbocycles. The second-order valence-electron chi connectivity index (χ2n) is 4.94. The number of hydrogen-bond donors (Lipinski definition) is 1. The van der Waals surface area contributed by atoms with Crippen molar-refractivity contribution < 1.29 is 8.42 Å². The number of pyridine rings is 1. The third-order valence-corrected chi connectivity index (χ3v) is 5.04. The van der Waals surface area contributed by atoms with Crippen LogP contribution in [-0.2, 0) is 10.0 Å². The van der Waals surface area contributed by atoms with Crippen molar-refractivity contribution >= 4 is 10.0 Å². The minimum atomic E-state index is -3.71. The van der Waals surface area contributed by atoms with E-state index in [1.165, 1.54) is 16.2 Å². The molecule has 2 aromatic heterocycles. The number of nitrogens with zero attached hydrogens (tertiary/aromatic N) is 1. The molecule has 0 amide bonds. The van der Waals surface area contributed by atoms with E-state index in [0.29, 0.717) is 11.4 Å². The molecule has 22 heavy (non-hydrogen) atoms. The molecule has 0 bridgehead atoms. The highest BCUT2D eigenvalue weighted by Gasteiger charge is 2.20. The van der Waals surface area contributed by atoms with E-state index in [1.54, 1.807) is 48.5 Å². The molecule has 0 aliphatic heterocycles. The zero-order valence-electron chi connectivity index (χ0n) is 11.9. The van der Waals surface area contributed by atoms with Crippen molar-refractivity contribution in [3.05, 3.63) is 76.7 Å². The molecule has 0 unspecified atom stereocenters. The van der Waals surface area contributed by atoms with Crippen molar-refractivity contribution in [3.63, 3.8) is 0 Å². The van der Waals surface area contributed by atoms with Crippen LogP contribution < -0.4 is 5.56 Å². The third kappa shape index (κ3) is 2.48. The SMILES string of the molecule is Cc1ccc(S(=O)(=O)n2cccc2-c2cccc(=O)[nH]2)cc1. The molecule has 1 N–H and O–H groups in total. The quantitative estimate of drug-likeness (QED) is 0.807. The van der Waals surface area contributed by atoms with Crippen LogP contribution in [0.2, 0.25) is 0 Å². The summed E-state index contributed by atoms with van der Waals surface area (Å²) in [6.45, 7) is 1.90. The van der Waals surface area contributed by atoms with Gasteiger partial charge in [0.05, 0.1) is 16.3 Å². The van der Waals surface area contributed by atoms with Gasteiger partial charge in [0.25, 0.3) is 10.0 Å². The summed E-state index contributed by atoms with van der Waals surface area (Å²) in [5.41, 5.74) is 1.57. The summed E-state index contributed by atoms with van der Waals surface area (Å²) in [7, 11) is -3.71. The monoisotopic (exact) mass is 314 g/mol. The number of aromatic amines is 1. The number of nitrogens with one attached hydrogen (secondary N) is 1. The summed E-state index contributed by atoms with van der Waals surface area (Å²) in [5.74, 6) is 0. The summed E-state index contributed by atoms with van der Waals surface area (Å²) in [4.78, 5) is 14.3. The number of benzene rings is 1. The molecule has 6 heteroatoms. The van der Waals surface area contributed by atoms with Gasteiger partial charge in [-0.2, -0.15) is 0 Å². The fourth-order valence-electron chi connectivity index (χ4n) is 2.21. The van der Waals surface area contributed by atoms with Crippen molar-refractivity contribution in [2.45, 2.75) is 11.8 Å². The summed E-state index contributed by atoms with van der Waals surface area (Å²) in [6.07, 6.45) is 1.47. The van der Waals surface area contributed by atoms with E-state index in [1.807, 2.05) is 6.92 Å². The summed E-state index contributed by atoms with van der Waals surface area (Å²) in [5, 5.41) is 0. The van der Waals surface area contributed by atoms with Crippen molar-refractivity contribution in [3.8, 4) is 11.4 Å². The summed E-state index contributed by atoms with van der Waals surface area (Å²) >= 11 is 0. The van der Waals surface area contributed by atoms with Crippen molar-refractivity contribution in [2.75, 3.05) is 0 Å². The van der Waals surface area contributed by atoms with Gasteiger partial charge in [-0.1, -0.05) is 23.8 Å². The van der Waals surface area contributed by atoms with Crippen LogP contribution in [-0.4, -0.2) is 17.4 Å². The van der Waals surface area contributed by atoms with E-state index in [9.17, 15) is 13.2 Å². The van der Waals surface area contributed by atoms with Crippen molar-refractivity contribution in [1.29, 1.82) is 0 Å². The average molecular weight is 314 g/mol. The Kier molecular flexibility index (Phi) is 3.46. The van der Waals surface area contributed by atoms with Gasteiger partial charge in [-0.15, -0.1) is 0 Å². The van der Waals surface area contributed by atoms with Crippen LogP contribution >= 0.6 is 0 Å². The van der Waals surface area contributed by atoms with Crippen LogP contribution in [0, 0.1) is 6.92 Å². The number of rotatable bonds is 3. The normalized spacial score (nSPS) is 11.5. The molecule has 0 spiro atoms. The first-order chi connectivity index (χ1) is 10.5. The van der Waals surface area contributed by atoms with Crippen molar-refractivity contribution in [1.82, 2.24) is 8.96 Å². The fourth-order valence-corrected chi connectivity index (χ4v) is 3.56. The largest absolute Gasteiger partial charge is 0.321 e. The van der Waals surface area contributed by atoms with E-state index in [2.05, 4.69) is 4.98 Å². The van der Waals surface area contributed by atoms with E-state index >= 15 is 0 Å². The lowest BCUT2D eigenvalue weighted by Gasteiger charge is -2.10. The standard InChI is InChI=1S/C16H14N2O3S/c1-12-7-9-13(10-8-12)22(20,21)18-11-3-5-15(18)14-4-2-6-16(19)17-14/h2-11H,1H3,(H,17,19). The molecule has 0 atom stereocenters. The maximum absolute atomic E-state index is 12.8. The van der Waals surface area contributed by atoms with Crippen LogP contribution in [0.5, 0.6) is 0 Å². The molecule has 0 saturated heterocycles. The number of aromatic nitrogens is 2. The summed E-state index contributed by atoms with van der Waals surface area (Å²) < 4.78 is 26.7. The van der Waals surface area contributed by atoms with Crippen LogP contribution in [0.1, 0.15) is 5.56 Å². The predicted molar refractivity (Wildman–Crippen MR) is 84.3 cm³/mol. The van der Waals surface area contributed by atoms with Crippen LogP contribution in [0.4, 0.5) is 0 Å².